The number of rotatable bonds is 4. The van der Waals surface area contributed by atoms with E-state index < -0.39 is 0 Å². The van der Waals surface area contributed by atoms with E-state index in [0.717, 1.165) is 32.2 Å². The summed E-state index contributed by atoms with van der Waals surface area (Å²) < 4.78 is 5.06. The molecule has 1 saturated heterocycles. The van der Waals surface area contributed by atoms with E-state index in [2.05, 4.69) is 12.2 Å². The first kappa shape index (κ1) is 12.7. The third kappa shape index (κ3) is 4.48. The van der Waals surface area contributed by atoms with E-state index in [1.807, 2.05) is 0 Å². The van der Waals surface area contributed by atoms with Crippen LogP contribution < -0.4 is 5.32 Å². The lowest BCUT2D eigenvalue weighted by Crippen LogP contribution is -2.32. The fourth-order valence-corrected chi connectivity index (χ4v) is 1.30. The molecule has 1 fully saturated rings. The number of carbonyl (C=O) groups excluding carboxylic acids is 1. The van der Waals surface area contributed by atoms with Gasteiger partial charge in [-0.1, -0.05) is 13.3 Å². The molecule has 1 N–H and O–H groups in total. The molecule has 0 aromatic heterocycles. The number of halogens is 1. The molecule has 0 amide bonds. The van der Waals surface area contributed by atoms with Crippen LogP contribution in [0.4, 0.5) is 0 Å². The maximum Gasteiger partial charge on any atom is 0.323 e. The molecule has 1 atom stereocenters. The summed E-state index contributed by atoms with van der Waals surface area (Å²) >= 11 is 0. The highest BCUT2D eigenvalue weighted by atomic mass is 35.5. The van der Waals surface area contributed by atoms with E-state index in [4.69, 9.17) is 4.74 Å². The van der Waals surface area contributed by atoms with Gasteiger partial charge in [0.1, 0.15) is 6.04 Å². The first-order valence-corrected chi connectivity index (χ1v) is 4.74. The Kier molecular flexibility index (Phi) is 7.00. The molecule has 1 heterocycles. The van der Waals surface area contributed by atoms with Crippen LogP contribution in [0, 0.1) is 0 Å². The fourth-order valence-electron chi connectivity index (χ4n) is 1.30. The van der Waals surface area contributed by atoms with E-state index in [1.165, 1.54) is 0 Å². The molecule has 0 aliphatic carbocycles. The molecule has 1 aliphatic heterocycles. The van der Waals surface area contributed by atoms with E-state index in [-0.39, 0.29) is 24.4 Å². The molecule has 0 radical (unpaired) electrons. The van der Waals surface area contributed by atoms with Crippen LogP contribution in [-0.4, -0.2) is 25.2 Å². The van der Waals surface area contributed by atoms with Gasteiger partial charge in [-0.2, -0.15) is 0 Å². The summed E-state index contributed by atoms with van der Waals surface area (Å²) in [6.07, 6.45) is 4.07. The Morgan fingerprint density at radius 1 is 1.62 bits per heavy atom. The minimum atomic E-state index is -0.0686. The van der Waals surface area contributed by atoms with E-state index >= 15 is 0 Å². The molecular weight excluding hydrogens is 190 g/mol. The Morgan fingerprint density at radius 2 is 2.38 bits per heavy atom. The molecular formula is C9H18ClNO2. The van der Waals surface area contributed by atoms with Crippen molar-refractivity contribution in [3.05, 3.63) is 0 Å². The Morgan fingerprint density at radius 3 is 2.92 bits per heavy atom. The van der Waals surface area contributed by atoms with Gasteiger partial charge in [-0.3, -0.25) is 4.79 Å². The largest absolute Gasteiger partial charge is 0.465 e. The van der Waals surface area contributed by atoms with Gasteiger partial charge in [0.15, 0.2) is 0 Å². The van der Waals surface area contributed by atoms with Gasteiger partial charge in [-0.05, 0) is 25.8 Å². The van der Waals surface area contributed by atoms with Gasteiger partial charge in [-0.25, -0.2) is 0 Å². The Hall–Kier alpha value is -0.280. The number of hydrogen-bond donors (Lipinski definition) is 1. The predicted octanol–water partition coefficient (Wildman–Crippen LogP) is 1.50. The summed E-state index contributed by atoms with van der Waals surface area (Å²) in [6.45, 7) is 3.61. The minimum Gasteiger partial charge on any atom is -0.465 e. The quantitative estimate of drug-likeness (QED) is 0.561. The summed E-state index contributed by atoms with van der Waals surface area (Å²) in [7, 11) is 0. The highest BCUT2D eigenvalue weighted by Gasteiger charge is 2.22. The zero-order valence-electron chi connectivity index (χ0n) is 8.04. The highest BCUT2D eigenvalue weighted by molar-refractivity contribution is 5.85. The van der Waals surface area contributed by atoms with Crippen LogP contribution >= 0.6 is 12.4 Å². The van der Waals surface area contributed by atoms with Crippen LogP contribution in [0.3, 0.4) is 0 Å². The lowest BCUT2D eigenvalue weighted by molar-refractivity contribution is -0.145. The molecule has 0 saturated carbocycles. The number of hydrogen-bond acceptors (Lipinski definition) is 3. The minimum absolute atomic E-state index is 0. The average molecular weight is 208 g/mol. The number of esters is 1. The zero-order chi connectivity index (χ0) is 8.81. The average Bonchev–Trinajstić information content (AvgIpc) is 2.56. The summed E-state index contributed by atoms with van der Waals surface area (Å²) in [6, 6.07) is -0.0261. The zero-order valence-corrected chi connectivity index (χ0v) is 8.86. The van der Waals surface area contributed by atoms with Crippen molar-refractivity contribution in [1.82, 2.24) is 5.32 Å². The van der Waals surface area contributed by atoms with Crippen molar-refractivity contribution in [2.24, 2.45) is 0 Å². The number of ether oxygens (including phenoxy) is 1. The Labute approximate surface area is 85.6 Å². The second-order valence-electron chi connectivity index (χ2n) is 3.17. The summed E-state index contributed by atoms with van der Waals surface area (Å²) in [5, 5.41) is 3.11. The number of nitrogens with one attached hydrogen (secondary N) is 1. The van der Waals surface area contributed by atoms with Crippen molar-refractivity contribution in [1.29, 1.82) is 0 Å². The van der Waals surface area contributed by atoms with Crippen LogP contribution in [0.5, 0.6) is 0 Å². The van der Waals surface area contributed by atoms with Crippen molar-refractivity contribution in [2.75, 3.05) is 13.2 Å². The third-order valence-electron chi connectivity index (χ3n) is 2.09. The first-order chi connectivity index (χ1) is 5.84. The van der Waals surface area contributed by atoms with Crippen LogP contribution in [-0.2, 0) is 9.53 Å². The summed E-state index contributed by atoms with van der Waals surface area (Å²) in [5.74, 6) is -0.0686. The maximum atomic E-state index is 11.2. The number of carbonyl (C=O) groups is 1. The van der Waals surface area contributed by atoms with Gasteiger partial charge >= 0.3 is 5.97 Å². The third-order valence-corrected chi connectivity index (χ3v) is 2.09. The monoisotopic (exact) mass is 207 g/mol. The predicted molar refractivity (Wildman–Crippen MR) is 54.1 cm³/mol. The van der Waals surface area contributed by atoms with Gasteiger partial charge in [0, 0.05) is 0 Å². The van der Waals surface area contributed by atoms with Crippen molar-refractivity contribution >= 4 is 18.4 Å². The lowest BCUT2D eigenvalue weighted by Gasteiger charge is -2.09. The first-order valence-electron chi connectivity index (χ1n) is 4.74. The van der Waals surface area contributed by atoms with E-state index in [9.17, 15) is 4.79 Å². The SMILES string of the molecule is CCCCOC(=O)C1CCCN1.Cl. The molecule has 0 aromatic rings. The molecule has 1 aliphatic rings. The van der Waals surface area contributed by atoms with Crippen LogP contribution in [0.25, 0.3) is 0 Å². The standard InChI is InChI=1S/C9H17NO2.ClH/c1-2-3-7-12-9(11)8-5-4-6-10-8;/h8,10H,2-7H2,1H3;1H. The van der Waals surface area contributed by atoms with Gasteiger partial charge in [-0.15, -0.1) is 12.4 Å². The molecule has 4 heteroatoms. The molecule has 1 rings (SSSR count). The summed E-state index contributed by atoms with van der Waals surface area (Å²) in [4.78, 5) is 11.2. The highest BCUT2D eigenvalue weighted by Crippen LogP contribution is 2.06. The van der Waals surface area contributed by atoms with E-state index in [0.29, 0.717) is 6.61 Å². The molecule has 3 nitrogen and oxygen atoms in total. The molecule has 0 bridgehead atoms. The smallest absolute Gasteiger partial charge is 0.323 e. The Balaban J connectivity index is 0.00000144. The van der Waals surface area contributed by atoms with Crippen LogP contribution in [0.1, 0.15) is 32.6 Å². The second kappa shape index (κ2) is 7.15. The van der Waals surface area contributed by atoms with Crippen LogP contribution in [0.15, 0.2) is 0 Å². The summed E-state index contributed by atoms with van der Waals surface area (Å²) in [5.41, 5.74) is 0. The van der Waals surface area contributed by atoms with Crippen molar-refractivity contribution in [3.63, 3.8) is 0 Å². The fraction of sp³-hybridized carbons (Fsp3) is 0.889. The van der Waals surface area contributed by atoms with Crippen molar-refractivity contribution in [3.8, 4) is 0 Å². The molecule has 0 spiro atoms. The number of unbranched alkanes of at least 4 members (excludes halogenated alkanes) is 1. The molecule has 0 aromatic carbocycles. The van der Waals surface area contributed by atoms with Gasteiger partial charge in [0.2, 0.25) is 0 Å². The molecule has 13 heavy (non-hydrogen) atoms. The van der Waals surface area contributed by atoms with Gasteiger partial charge < -0.3 is 10.1 Å². The van der Waals surface area contributed by atoms with Gasteiger partial charge in [0.25, 0.3) is 0 Å². The van der Waals surface area contributed by atoms with E-state index in [1.54, 1.807) is 0 Å². The Bertz CT molecular complexity index is 147. The molecule has 1 unspecified atom stereocenters. The topological polar surface area (TPSA) is 38.3 Å². The van der Waals surface area contributed by atoms with Crippen LogP contribution in [0.2, 0.25) is 0 Å². The molecule has 78 valence electrons. The van der Waals surface area contributed by atoms with Gasteiger partial charge in [0.05, 0.1) is 6.61 Å². The van der Waals surface area contributed by atoms with Crippen molar-refractivity contribution < 1.29 is 9.53 Å². The second-order valence-corrected chi connectivity index (χ2v) is 3.17. The maximum absolute atomic E-state index is 11.2. The normalized spacial score (nSPS) is 20.8. The lowest BCUT2D eigenvalue weighted by atomic mass is 10.2. The van der Waals surface area contributed by atoms with Crippen molar-refractivity contribution in [2.45, 2.75) is 38.6 Å².